The van der Waals surface area contributed by atoms with Gasteiger partial charge in [0.2, 0.25) is 0 Å². The molecule has 8 heavy (non-hydrogen) atoms. The first kappa shape index (κ1) is 6.62. The summed E-state index contributed by atoms with van der Waals surface area (Å²) in [6, 6.07) is 0. The Labute approximate surface area is 67.7 Å². The molecule has 0 amide bonds. The van der Waals surface area contributed by atoms with Gasteiger partial charge in [0.05, 0.1) is 0 Å². The van der Waals surface area contributed by atoms with Crippen LogP contribution in [0.4, 0.5) is 0 Å². The Hall–Kier alpha value is 0.500. The largest absolute Gasteiger partial charge is 0.0891 e. The summed E-state index contributed by atoms with van der Waals surface area (Å²) < 4.78 is 1.40. The molecule has 0 spiro atoms. The lowest BCUT2D eigenvalue weighted by Gasteiger charge is -2.02. The summed E-state index contributed by atoms with van der Waals surface area (Å²) in [5, 5.41) is 0.977. The van der Waals surface area contributed by atoms with E-state index in [1.807, 2.05) is 6.08 Å². The molecular formula is C6H6ClI. The van der Waals surface area contributed by atoms with E-state index in [1.165, 1.54) is 3.58 Å². The lowest BCUT2D eigenvalue weighted by molar-refractivity contribution is 1.01. The predicted molar refractivity (Wildman–Crippen MR) is 45.3 cm³/mol. The molecular weight excluding hydrogens is 234 g/mol. The fourth-order valence-electron chi connectivity index (χ4n) is 0.586. The Morgan fingerprint density at radius 3 is 2.50 bits per heavy atom. The van der Waals surface area contributed by atoms with Crippen LogP contribution >= 0.6 is 34.2 Å². The van der Waals surface area contributed by atoms with Gasteiger partial charge in [0.25, 0.3) is 0 Å². The number of halogens is 2. The highest BCUT2D eigenvalue weighted by Gasteiger charge is 1.99. The van der Waals surface area contributed by atoms with Gasteiger partial charge in [-0.3, -0.25) is 0 Å². The van der Waals surface area contributed by atoms with Crippen LogP contribution in [0.2, 0.25) is 0 Å². The van der Waals surface area contributed by atoms with Crippen molar-refractivity contribution in [3.8, 4) is 0 Å². The fraction of sp³-hybridized carbons (Fsp3) is 0.333. The molecule has 0 bridgehead atoms. The van der Waals surface area contributed by atoms with Gasteiger partial charge >= 0.3 is 0 Å². The van der Waals surface area contributed by atoms with Gasteiger partial charge in [-0.05, 0) is 45.1 Å². The molecule has 2 heteroatoms. The Morgan fingerprint density at radius 2 is 2.12 bits per heavy atom. The first-order valence-corrected chi connectivity index (χ1v) is 3.95. The van der Waals surface area contributed by atoms with Gasteiger partial charge < -0.3 is 0 Å². The molecule has 0 unspecified atom stereocenters. The van der Waals surface area contributed by atoms with Crippen LogP contribution in [-0.4, -0.2) is 0 Å². The van der Waals surface area contributed by atoms with E-state index in [1.54, 1.807) is 0 Å². The Balaban J connectivity index is 2.65. The van der Waals surface area contributed by atoms with E-state index in [0.29, 0.717) is 0 Å². The van der Waals surface area contributed by atoms with Gasteiger partial charge in [-0.25, -0.2) is 0 Å². The van der Waals surface area contributed by atoms with Gasteiger partial charge in [0.1, 0.15) is 0 Å². The summed E-state index contributed by atoms with van der Waals surface area (Å²) in [6.45, 7) is 0. The zero-order chi connectivity index (χ0) is 5.98. The van der Waals surface area contributed by atoms with Crippen molar-refractivity contribution in [1.82, 2.24) is 0 Å². The molecule has 0 aliphatic heterocycles. The third kappa shape index (κ3) is 1.78. The zero-order valence-corrected chi connectivity index (χ0v) is 7.24. The van der Waals surface area contributed by atoms with E-state index in [4.69, 9.17) is 11.6 Å². The standard InChI is InChI=1S/C6H6ClI/c7-5-1-3-6(8)4-2-5/h1,3H,2,4H2. The molecule has 0 atom stereocenters. The van der Waals surface area contributed by atoms with Crippen LogP contribution in [0.25, 0.3) is 0 Å². The molecule has 1 aliphatic carbocycles. The summed E-state index contributed by atoms with van der Waals surface area (Å²) in [6.07, 6.45) is 6.17. The number of allylic oxidation sites excluding steroid dienone is 4. The molecule has 0 saturated heterocycles. The third-order valence-corrected chi connectivity index (χ3v) is 2.26. The van der Waals surface area contributed by atoms with Crippen molar-refractivity contribution in [3.05, 3.63) is 20.8 Å². The van der Waals surface area contributed by atoms with Crippen LogP contribution in [0.15, 0.2) is 20.8 Å². The van der Waals surface area contributed by atoms with E-state index in [0.717, 1.165) is 17.9 Å². The number of rotatable bonds is 0. The van der Waals surface area contributed by atoms with Gasteiger partial charge in [-0.2, -0.15) is 0 Å². The molecule has 0 radical (unpaired) electrons. The van der Waals surface area contributed by atoms with Crippen molar-refractivity contribution in [3.63, 3.8) is 0 Å². The summed E-state index contributed by atoms with van der Waals surface area (Å²) in [5.74, 6) is 0. The minimum absolute atomic E-state index is 0.977. The first-order chi connectivity index (χ1) is 3.79. The minimum Gasteiger partial charge on any atom is -0.0891 e. The monoisotopic (exact) mass is 240 g/mol. The van der Waals surface area contributed by atoms with Crippen LogP contribution < -0.4 is 0 Å². The minimum atomic E-state index is 0.977. The summed E-state index contributed by atoms with van der Waals surface area (Å²) >= 11 is 8.02. The highest BCUT2D eigenvalue weighted by atomic mass is 127. The summed E-state index contributed by atoms with van der Waals surface area (Å²) in [7, 11) is 0. The average Bonchev–Trinajstić information content (AvgIpc) is 1.77. The van der Waals surface area contributed by atoms with E-state index >= 15 is 0 Å². The smallest absolute Gasteiger partial charge is 0.0184 e. The Kier molecular flexibility index (Phi) is 2.38. The van der Waals surface area contributed by atoms with Gasteiger partial charge in [0.15, 0.2) is 0 Å². The van der Waals surface area contributed by atoms with Crippen LogP contribution in [-0.2, 0) is 0 Å². The third-order valence-electron chi connectivity index (χ3n) is 1.05. The second-order valence-corrected chi connectivity index (χ2v) is 3.60. The molecule has 0 nitrogen and oxygen atoms in total. The maximum Gasteiger partial charge on any atom is 0.0184 e. The SMILES string of the molecule is ClC1=CC=C(I)CC1. The van der Waals surface area contributed by atoms with Crippen molar-refractivity contribution in [2.24, 2.45) is 0 Å². The zero-order valence-electron chi connectivity index (χ0n) is 4.32. The molecule has 0 aromatic heterocycles. The molecule has 0 N–H and O–H groups in total. The number of hydrogen-bond donors (Lipinski definition) is 0. The Morgan fingerprint density at radius 1 is 1.38 bits per heavy atom. The molecule has 0 fully saturated rings. The highest BCUT2D eigenvalue weighted by molar-refractivity contribution is 14.1. The average molecular weight is 240 g/mol. The topological polar surface area (TPSA) is 0 Å². The van der Waals surface area contributed by atoms with Crippen molar-refractivity contribution in [2.45, 2.75) is 12.8 Å². The lowest BCUT2D eigenvalue weighted by atomic mass is 10.2. The number of hydrogen-bond acceptors (Lipinski definition) is 0. The van der Waals surface area contributed by atoms with Crippen molar-refractivity contribution >= 4 is 34.2 Å². The normalized spacial score (nSPS) is 19.8. The molecule has 0 aromatic carbocycles. The predicted octanol–water partition coefficient (Wildman–Crippen LogP) is 3.22. The van der Waals surface area contributed by atoms with E-state index in [2.05, 4.69) is 28.7 Å². The maximum atomic E-state index is 5.70. The molecule has 1 rings (SSSR count). The summed E-state index contributed by atoms with van der Waals surface area (Å²) in [5.41, 5.74) is 0. The summed E-state index contributed by atoms with van der Waals surface area (Å²) in [4.78, 5) is 0. The van der Waals surface area contributed by atoms with E-state index in [9.17, 15) is 0 Å². The first-order valence-electron chi connectivity index (χ1n) is 2.50. The van der Waals surface area contributed by atoms with E-state index in [-0.39, 0.29) is 0 Å². The molecule has 1 aliphatic rings. The molecule has 0 aromatic rings. The van der Waals surface area contributed by atoms with Crippen LogP contribution in [0, 0.1) is 0 Å². The molecule has 0 saturated carbocycles. The van der Waals surface area contributed by atoms with Crippen molar-refractivity contribution in [1.29, 1.82) is 0 Å². The van der Waals surface area contributed by atoms with Crippen molar-refractivity contribution < 1.29 is 0 Å². The molecule has 44 valence electrons. The van der Waals surface area contributed by atoms with E-state index < -0.39 is 0 Å². The maximum absolute atomic E-state index is 5.70. The van der Waals surface area contributed by atoms with Crippen LogP contribution in [0.5, 0.6) is 0 Å². The Bertz CT molecular complexity index is 129. The van der Waals surface area contributed by atoms with Gasteiger partial charge in [0, 0.05) is 5.03 Å². The second kappa shape index (κ2) is 2.87. The lowest BCUT2D eigenvalue weighted by Crippen LogP contribution is -1.80. The fourth-order valence-corrected chi connectivity index (χ4v) is 1.19. The van der Waals surface area contributed by atoms with Gasteiger partial charge in [-0.1, -0.05) is 17.7 Å². The van der Waals surface area contributed by atoms with Crippen LogP contribution in [0.1, 0.15) is 12.8 Å². The second-order valence-electron chi connectivity index (χ2n) is 1.73. The van der Waals surface area contributed by atoms with Crippen molar-refractivity contribution in [2.75, 3.05) is 0 Å². The van der Waals surface area contributed by atoms with Gasteiger partial charge in [-0.15, -0.1) is 0 Å². The van der Waals surface area contributed by atoms with Crippen LogP contribution in [0.3, 0.4) is 0 Å². The quantitative estimate of drug-likeness (QED) is 0.570. The molecule has 0 heterocycles. The highest BCUT2D eigenvalue weighted by Crippen LogP contribution is 2.24.